The Morgan fingerprint density at radius 2 is 1.96 bits per heavy atom. The van der Waals surface area contributed by atoms with E-state index in [0.29, 0.717) is 17.2 Å². The molecule has 5 heteroatoms. The zero-order valence-electron chi connectivity index (χ0n) is 14.4. The van der Waals surface area contributed by atoms with Crippen molar-refractivity contribution < 1.29 is 13.2 Å². The Hall–Kier alpha value is -1.07. The van der Waals surface area contributed by atoms with Crippen molar-refractivity contribution in [2.24, 2.45) is 0 Å². The summed E-state index contributed by atoms with van der Waals surface area (Å²) in [6.07, 6.45) is -2.39. The predicted molar refractivity (Wildman–Crippen MR) is 87.5 cm³/mol. The van der Waals surface area contributed by atoms with Crippen LogP contribution in [-0.2, 0) is 6.18 Å². The molecule has 1 aromatic rings. The van der Waals surface area contributed by atoms with E-state index in [9.17, 15) is 13.2 Å². The minimum absolute atomic E-state index is 0.242. The van der Waals surface area contributed by atoms with Gasteiger partial charge in [-0.2, -0.15) is 13.2 Å². The van der Waals surface area contributed by atoms with Gasteiger partial charge in [0.2, 0.25) is 0 Å². The molecule has 0 spiro atoms. The summed E-state index contributed by atoms with van der Waals surface area (Å²) in [4.78, 5) is 2.24. The van der Waals surface area contributed by atoms with Gasteiger partial charge in [-0.25, -0.2) is 0 Å². The maximum atomic E-state index is 13.4. The number of aryl methyl sites for hydroxylation is 1. The number of nitrogens with zero attached hydrogens (tertiary/aromatic N) is 1. The van der Waals surface area contributed by atoms with Gasteiger partial charge < -0.3 is 5.32 Å². The SMILES string of the molecule is CC[C@H]1CN(C(C)c2ccc(C)cc2C(F)(F)F)[C@H](CC)CN1. The van der Waals surface area contributed by atoms with Crippen LogP contribution in [0.15, 0.2) is 18.2 Å². The Morgan fingerprint density at radius 3 is 2.52 bits per heavy atom. The molecule has 23 heavy (non-hydrogen) atoms. The first-order chi connectivity index (χ1) is 10.8. The standard InChI is InChI=1S/C18H27F3N2/c1-5-14-11-23(15(6-2)10-22-14)13(4)16-8-7-12(3)9-17(16)18(19,20)21/h7-9,13-15,22H,5-6,10-11H2,1-4H3/t13?,14-,15+/m0/s1. The Kier molecular flexibility index (Phi) is 5.74. The van der Waals surface area contributed by atoms with E-state index in [1.165, 1.54) is 6.07 Å². The van der Waals surface area contributed by atoms with Crippen LogP contribution in [0.1, 0.15) is 56.3 Å². The first-order valence-electron chi connectivity index (χ1n) is 8.44. The summed E-state index contributed by atoms with van der Waals surface area (Å²) in [5, 5.41) is 3.50. The van der Waals surface area contributed by atoms with Gasteiger partial charge in [-0.15, -0.1) is 0 Å². The summed E-state index contributed by atoms with van der Waals surface area (Å²) in [6.45, 7) is 9.45. The zero-order chi connectivity index (χ0) is 17.2. The van der Waals surface area contributed by atoms with Gasteiger partial charge in [0.15, 0.2) is 0 Å². The minimum Gasteiger partial charge on any atom is -0.311 e. The molecular weight excluding hydrogens is 301 g/mol. The van der Waals surface area contributed by atoms with Crippen molar-refractivity contribution in [2.75, 3.05) is 13.1 Å². The number of hydrogen-bond acceptors (Lipinski definition) is 2. The van der Waals surface area contributed by atoms with Crippen molar-refractivity contribution in [1.82, 2.24) is 10.2 Å². The molecule has 1 heterocycles. The fourth-order valence-corrected chi connectivity index (χ4v) is 3.47. The summed E-state index contributed by atoms with van der Waals surface area (Å²) < 4.78 is 40.3. The fourth-order valence-electron chi connectivity index (χ4n) is 3.47. The second kappa shape index (κ2) is 7.22. The minimum atomic E-state index is -4.31. The molecule has 0 amide bonds. The summed E-state index contributed by atoms with van der Waals surface area (Å²) >= 11 is 0. The normalized spacial score (nSPS) is 24.7. The van der Waals surface area contributed by atoms with Gasteiger partial charge in [0.1, 0.15) is 0 Å². The van der Waals surface area contributed by atoms with Crippen LogP contribution in [0.5, 0.6) is 0 Å². The molecule has 0 saturated carbocycles. The van der Waals surface area contributed by atoms with Crippen molar-refractivity contribution in [1.29, 1.82) is 0 Å². The van der Waals surface area contributed by atoms with Crippen LogP contribution in [-0.4, -0.2) is 30.1 Å². The highest BCUT2D eigenvalue weighted by Gasteiger charge is 2.37. The molecule has 1 aliphatic heterocycles. The lowest BCUT2D eigenvalue weighted by Crippen LogP contribution is -2.56. The van der Waals surface area contributed by atoms with Crippen LogP contribution in [0.4, 0.5) is 13.2 Å². The second-order valence-corrected chi connectivity index (χ2v) is 6.54. The van der Waals surface area contributed by atoms with Crippen LogP contribution in [0.25, 0.3) is 0 Å². The Labute approximate surface area is 137 Å². The molecule has 0 bridgehead atoms. The molecule has 1 fully saturated rings. The van der Waals surface area contributed by atoms with E-state index in [1.807, 2.05) is 6.92 Å². The van der Waals surface area contributed by atoms with E-state index in [0.717, 1.165) is 25.9 Å². The van der Waals surface area contributed by atoms with E-state index in [2.05, 4.69) is 24.1 Å². The third kappa shape index (κ3) is 4.07. The van der Waals surface area contributed by atoms with Gasteiger partial charge in [0.05, 0.1) is 5.56 Å². The molecule has 0 radical (unpaired) electrons. The van der Waals surface area contributed by atoms with E-state index in [4.69, 9.17) is 0 Å². The molecule has 0 aromatic heterocycles. The van der Waals surface area contributed by atoms with Crippen LogP contribution in [0.2, 0.25) is 0 Å². The highest BCUT2D eigenvalue weighted by atomic mass is 19.4. The molecule has 1 saturated heterocycles. The van der Waals surface area contributed by atoms with E-state index >= 15 is 0 Å². The summed E-state index contributed by atoms with van der Waals surface area (Å²) in [5.74, 6) is 0. The van der Waals surface area contributed by atoms with Crippen molar-refractivity contribution in [3.8, 4) is 0 Å². The molecule has 1 aromatic carbocycles. The average molecular weight is 328 g/mol. The highest BCUT2D eigenvalue weighted by molar-refractivity contribution is 5.36. The van der Waals surface area contributed by atoms with Gasteiger partial charge in [-0.05, 0) is 38.3 Å². The van der Waals surface area contributed by atoms with Gasteiger partial charge in [0, 0.05) is 31.2 Å². The molecule has 1 unspecified atom stereocenters. The number of rotatable bonds is 4. The van der Waals surface area contributed by atoms with Crippen LogP contribution in [0.3, 0.4) is 0 Å². The van der Waals surface area contributed by atoms with Crippen LogP contribution < -0.4 is 5.32 Å². The lowest BCUT2D eigenvalue weighted by molar-refractivity contribution is -0.139. The van der Waals surface area contributed by atoms with Crippen molar-refractivity contribution in [3.05, 3.63) is 34.9 Å². The van der Waals surface area contributed by atoms with Gasteiger partial charge in [0.25, 0.3) is 0 Å². The van der Waals surface area contributed by atoms with Crippen molar-refractivity contribution >= 4 is 0 Å². The van der Waals surface area contributed by atoms with Crippen LogP contribution in [0, 0.1) is 6.92 Å². The van der Waals surface area contributed by atoms with Gasteiger partial charge in [-0.3, -0.25) is 4.90 Å². The maximum absolute atomic E-state index is 13.4. The first-order valence-corrected chi connectivity index (χ1v) is 8.44. The number of hydrogen-bond donors (Lipinski definition) is 1. The third-order valence-corrected chi connectivity index (χ3v) is 4.97. The molecule has 2 nitrogen and oxygen atoms in total. The number of halogens is 3. The van der Waals surface area contributed by atoms with E-state index < -0.39 is 11.7 Å². The monoisotopic (exact) mass is 328 g/mol. The maximum Gasteiger partial charge on any atom is 0.416 e. The summed E-state index contributed by atoms with van der Waals surface area (Å²) in [7, 11) is 0. The molecule has 3 atom stereocenters. The third-order valence-electron chi connectivity index (χ3n) is 4.97. The van der Waals surface area contributed by atoms with Gasteiger partial charge in [-0.1, -0.05) is 31.5 Å². The molecule has 1 N–H and O–H groups in total. The quantitative estimate of drug-likeness (QED) is 0.873. The van der Waals surface area contributed by atoms with Crippen molar-refractivity contribution in [2.45, 2.75) is 64.8 Å². The Balaban J connectivity index is 2.36. The first kappa shape index (κ1) is 18.3. The molecular formula is C18H27F3N2. The van der Waals surface area contributed by atoms with Crippen LogP contribution >= 0.6 is 0 Å². The lowest BCUT2D eigenvalue weighted by Gasteiger charge is -2.44. The molecule has 2 rings (SSSR count). The predicted octanol–water partition coefficient (Wildman–Crippen LogP) is 4.54. The van der Waals surface area contributed by atoms with E-state index in [1.54, 1.807) is 19.1 Å². The molecule has 130 valence electrons. The molecule has 0 aliphatic carbocycles. The van der Waals surface area contributed by atoms with Gasteiger partial charge >= 0.3 is 6.18 Å². The number of piperazine rings is 1. The zero-order valence-corrected chi connectivity index (χ0v) is 14.4. The highest BCUT2D eigenvalue weighted by Crippen LogP contribution is 2.38. The summed E-state index contributed by atoms with van der Waals surface area (Å²) in [5.41, 5.74) is 0.539. The largest absolute Gasteiger partial charge is 0.416 e. The number of benzene rings is 1. The topological polar surface area (TPSA) is 15.3 Å². The molecule has 1 aliphatic rings. The summed E-state index contributed by atoms with van der Waals surface area (Å²) in [6, 6.07) is 5.08. The van der Waals surface area contributed by atoms with E-state index in [-0.39, 0.29) is 12.1 Å². The smallest absolute Gasteiger partial charge is 0.311 e. The fraction of sp³-hybridized carbons (Fsp3) is 0.667. The lowest BCUT2D eigenvalue weighted by atomic mass is 9.94. The second-order valence-electron chi connectivity index (χ2n) is 6.54. The Morgan fingerprint density at radius 1 is 1.26 bits per heavy atom. The number of nitrogens with one attached hydrogen (secondary N) is 1. The van der Waals surface area contributed by atoms with Crippen molar-refractivity contribution in [3.63, 3.8) is 0 Å². The average Bonchev–Trinajstić information content (AvgIpc) is 2.52. The Bertz CT molecular complexity index is 527. The number of alkyl halides is 3.